The molecule has 1 amide bonds. The average Bonchev–Trinajstić information content (AvgIpc) is 2.66. The van der Waals surface area contributed by atoms with E-state index in [-0.39, 0.29) is 5.91 Å². The van der Waals surface area contributed by atoms with Gasteiger partial charge in [-0.3, -0.25) is 14.5 Å². The van der Waals surface area contributed by atoms with E-state index in [0.29, 0.717) is 11.4 Å². The second kappa shape index (κ2) is 3.91. The summed E-state index contributed by atoms with van der Waals surface area (Å²) in [6.07, 6.45) is 4.79. The fourth-order valence-corrected chi connectivity index (χ4v) is 1.19. The topological polar surface area (TPSA) is 59.8 Å². The summed E-state index contributed by atoms with van der Waals surface area (Å²) >= 11 is 0. The summed E-state index contributed by atoms with van der Waals surface area (Å²) in [6, 6.07) is 5.05. The summed E-state index contributed by atoms with van der Waals surface area (Å²) in [6.45, 7) is 0. The predicted molar refractivity (Wildman–Crippen MR) is 55.4 cm³/mol. The van der Waals surface area contributed by atoms with Crippen LogP contribution in [-0.4, -0.2) is 20.7 Å². The third-order valence-corrected chi connectivity index (χ3v) is 2.01. The number of hydrogen-bond acceptors (Lipinski definition) is 3. The Kier molecular flexibility index (Phi) is 2.45. The maximum Gasteiger partial charge on any atom is 0.256 e. The van der Waals surface area contributed by atoms with E-state index in [9.17, 15) is 4.79 Å². The number of aryl methyl sites for hydroxylation is 1. The van der Waals surface area contributed by atoms with Gasteiger partial charge in [0, 0.05) is 31.1 Å². The summed E-state index contributed by atoms with van der Waals surface area (Å²) in [4.78, 5) is 15.5. The second-order valence-electron chi connectivity index (χ2n) is 3.03. The third-order valence-electron chi connectivity index (χ3n) is 2.01. The van der Waals surface area contributed by atoms with E-state index < -0.39 is 0 Å². The molecule has 5 nitrogen and oxygen atoms in total. The van der Waals surface area contributed by atoms with Gasteiger partial charge in [0.25, 0.3) is 5.91 Å². The van der Waals surface area contributed by atoms with E-state index in [1.54, 1.807) is 48.5 Å². The molecule has 5 heteroatoms. The minimum absolute atomic E-state index is 0.166. The Labute approximate surface area is 86.8 Å². The zero-order chi connectivity index (χ0) is 10.7. The van der Waals surface area contributed by atoms with E-state index in [4.69, 9.17) is 0 Å². The zero-order valence-electron chi connectivity index (χ0n) is 8.21. The van der Waals surface area contributed by atoms with Gasteiger partial charge < -0.3 is 5.32 Å². The van der Waals surface area contributed by atoms with Crippen molar-refractivity contribution in [1.82, 2.24) is 14.8 Å². The lowest BCUT2D eigenvalue weighted by atomic mass is 10.2. The van der Waals surface area contributed by atoms with Crippen molar-refractivity contribution in [2.45, 2.75) is 0 Å². The van der Waals surface area contributed by atoms with Crippen molar-refractivity contribution in [2.75, 3.05) is 5.32 Å². The molecule has 0 aliphatic carbocycles. The Hall–Kier alpha value is -2.17. The molecule has 76 valence electrons. The molecular weight excluding hydrogens is 192 g/mol. The predicted octanol–water partition coefficient (Wildman–Crippen LogP) is 1.07. The number of hydrogen-bond donors (Lipinski definition) is 1. The van der Waals surface area contributed by atoms with Crippen LogP contribution in [0.4, 0.5) is 5.82 Å². The van der Waals surface area contributed by atoms with Crippen LogP contribution in [0.15, 0.2) is 36.8 Å². The highest BCUT2D eigenvalue weighted by atomic mass is 16.1. The smallest absolute Gasteiger partial charge is 0.256 e. The number of pyridine rings is 1. The van der Waals surface area contributed by atoms with Crippen molar-refractivity contribution in [3.63, 3.8) is 0 Å². The van der Waals surface area contributed by atoms with Gasteiger partial charge in [-0.2, -0.15) is 5.10 Å². The molecule has 2 aromatic rings. The van der Waals surface area contributed by atoms with Crippen LogP contribution in [0.2, 0.25) is 0 Å². The van der Waals surface area contributed by atoms with E-state index in [2.05, 4.69) is 15.4 Å². The fourth-order valence-electron chi connectivity index (χ4n) is 1.19. The van der Waals surface area contributed by atoms with E-state index in [1.165, 1.54) is 0 Å². The summed E-state index contributed by atoms with van der Waals surface area (Å²) in [5, 5.41) is 6.69. The maximum absolute atomic E-state index is 11.7. The summed E-state index contributed by atoms with van der Waals surface area (Å²) in [5.74, 6) is 0.498. The maximum atomic E-state index is 11.7. The van der Waals surface area contributed by atoms with Gasteiger partial charge >= 0.3 is 0 Å². The molecule has 0 aliphatic rings. The number of nitrogens with one attached hydrogen (secondary N) is 1. The lowest BCUT2D eigenvalue weighted by Gasteiger charge is -2.04. The third kappa shape index (κ3) is 2.01. The van der Waals surface area contributed by atoms with E-state index in [1.807, 2.05) is 0 Å². The first-order valence-corrected chi connectivity index (χ1v) is 4.47. The number of carbonyl (C=O) groups excluding carboxylic acids is 1. The molecule has 0 aromatic carbocycles. The Morgan fingerprint density at radius 1 is 1.27 bits per heavy atom. The molecule has 0 fully saturated rings. The molecule has 1 N–H and O–H groups in total. The van der Waals surface area contributed by atoms with Gasteiger partial charge in [-0.1, -0.05) is 0 Å². The van der Waals surface area contributed by atoms with Gasteiger partial charge in [0.05, 0.1) is 6.20 Å². The first-order valence-electron chi connectivity index (χ1n) is 4.47. The lowest BCUT2D eigenvalue weighted by molar-refractivity contribution is 0.102. The molecule has 0 saturated carbocycles. The zero-order valence-corrected chi connectivity index (χ0v) is 8.21. The van der Waals surface area contributed by atoms with Gasteiger partial charge in [-0.05, 0) is 12.1 Å². The minimum atomic E-state index is -0.166. The molecule has 0 bridgehead atoms. The second-order valence-corrected chi connectivity index (χ2v) is 3.03. The molecule has 2 rings (SSSR count). The van der Waals surface area contributed by atoms with Crippen LogP contribution in [0.25, 0.3) is 0 Å². The standard InChI is InChI=1S/C10H10N4O/c1-14-9(4-7-12-14)13-10(15)8-2-5-11-6-3-8/h2-7H,1H3,(H,13,15). The van der Waals surface area contributed by atoms with Crippen molar-refractivity contribution in [2.24, 2.45) is 7.05 Å². The number of amides is 1. The Morgan fingerprint density at radius 2 is 2.00 bits per heavy atom. The molecular formula is C10H10N4O. The largest absolute Gasteiger partial charge is 0.307 e. The molecule has 15 heavy (non-hydrogen) atoms. The number of rotatable bonds is 2. The molecule has 2 heterocycles. The molecule has 0 aliphatic heterocycles. The molecule has 2 aromatic heterocycles. The first-order chi connectivity index (χ1) is 7.27. The average molecular weight is 202 g/mol. The Morgan fingerprint density at radius 3 is 2.60 bits per heavy atom. The van der Waals surface area contributed by atoms with Crippen molar-refractivity contribution in [3.05, 3.63) is 42.4 Å². The quantitative estimate of drug-likeness (QED) is 0.792. The summed E-state index contributed by atoms with van der Waals surface area (Å²) in [5.41, 5.74) is 0.575. The van der Waals surface area contributed by atoms with Crippen LogP contribution >= 0.6 is 0 Å². The van der Waals surface area contributed by atoms with Crippen molar-refractivity contribution < 1.29 is 4.79 Å². The summed E-state index contributed by atoms with van der Waals surface area (Å²) < 4.78 is 1.60. The van der Waals surface area contributed by atoms with Crippen molar-refractivity contribution in [3.8, 4) is 0 Å². The fraction of sp³-hybridized carbons (Fsp3) is 0.100. The molecule has 0 radical (unpaired) electrons. The Balaban J connectivity index is 2.15. The molecule has 0 spiro atoms. The monoisotopic (exact) mass is 202 g/mol. The van der Waals surface area contributed by atoms with Crippen LogP contribution in [0, 0.1) is 0 Å². The van der Waals surface area contributed by atoms with E-state index in [0.717, 1.165) is 0 Å². The minimum Gasteiger partial charge on any atom is -0.307 e. The normalized spacial score (nSPS) is 9.93. The van der Waals surface area contributed by atoms with Crippen LogP contribution in [-0.2, 0) is 7.05 Å². The van der Waals surface area contributed by atoms with Gasteiger partial charge in [0.15, 0.2) is 0 Å². The van der Waals surface area contributed by atoms with Crippen LogP contribution in [0.1, 0.15) is 10.4 Å². The highest BCUT2D eigenvalue weighted by molar-refractivity contribution is 6.03. The van der Waals surface area contributed by atoms with E-state index >= 15 is 0 Å². The van der Waals surface area contributed by atoms with Crippen LogP contribution < -0.4 is 5.32 Å². The number of aromatic nitrogens is 3. The Bertz CT molecular complexity index is 463. The highest BCUT2D eigenvalue weighted by Crippen LogP contribution is 2.06. The van der Waals surface area contributed by atoms with Crippen molar-refractivity contribution in [1.29, 1.82) is 0 Å². The number of anilines is 1. The van der Waals surface area contributed by atoms with Crippen molar-refractivity contribution >= 4 is 11.7 Å². The van der Waals surface area contributed by atoms with Crippen LogP contribution in [0.3, 0.4) is 0 Å². The van der Waals surface area contributed by atoms with Crippen LogP contribution in [0.5, 0.6) is 0 Å². The summed E-state index contributed by atoms with van der Waals surface area (Å²) in [7, 11) is 1.77. The molecule has 0 saturated heterocycles. The van der Waals surface area contributed by atoms with Gasteiger partial charge in [0.2, 0.25) is 0 Å². The number of carbonyl (C=O) groups is 1. The van der Waals surface area contributed by atoms with Gasteiger partial charge in [-0.25, -0.2) is 0 Å². The molecule has 0 unspecified atom stereocenters. The van der Waals surface area contributed by atoms with Gasteiger partial charge in [0.1, 0.15) is 5.82 Å². The highest BCUT2D eigenvalue weighted by Gasteiger charge is 2.06. The van der Waals surface area contributed by atoms with Gasteiger partial charge in [-0.15, -0.1) is 0 Å². The SMILES string of the molecule is Cn1nccc1NC(=O)c1ccncc1. The molecule has 0 atom stereocenters. The number of nitrogens with zero attached hydrogens (tertiary/aromatic N) is 3. The lowest BCUT2D eigenvalue weighted by Crippen LogP contribution is -2.14. The first kappa shape index (κ1) is 9.39.